The predicted octanol–water partition coefficient (Wildman–Crippen LogP) is -1.30. The average molecular weight is 506 g/mol. The zero-order valence-corrected chi connectivity index (χ0v) is 19.9. The van der Waals surface area contributed by atoms with Crippen LogP contribution >= 0.6 is 0 Å². The number of aliphatic hydroxyl groups is 1. The van der Waals surface area contributed by atoms with Crippen molar-refractivity contribution in [3.63, 3.8) is 0 Å². The first-order valence-corrected chi connectivity index (χ1v) is 11.2. The number of aromatic nitrogens is 1. The molecule has 0 radical (unpaired) electrons. The van der Waals surface area contributed by atoms with Gasteiger partial charge in [-0.05, 0) is 17.5 Å². The van der Waals surface area contributed by atoms with Crippen LogP contribution in [0.25, 0.3) is 10.9 Å². The van der Waals surface area contributed by atoms with E-state index in [1.54, 1.807) is 32.2 Å². The highest BCUT2D eigenvalue weighted by molar-refractivity contribution is 5.96. The number of para-hydroxylation sites is 1. The van der Waals surface area contributed by atoms with Crippen molar-refractivity contribution in [2.75, 3.05) is 6.61 Å². The van der Waals surface area contributed by atoms with Gasteiger partial charge in [-0.2, -0.15) is 0 Å². The van der Waals surface area contributed by atoms with Crippen molar-refractivity contribution in [1.82, 2.24) is 20.9 Å². The highest BCUT2D eigenvalue weighted by Crippen LogP contribution is 2.19. The number of H-pyrrole nitrogens is 1. The van der Waals surface area contributed by atoms with Crippen molar-refractivity contribution in [3.05, 3.63) is 36.0 Å². The van der Waals surface area contributed by atoms with Crippen LogP contribution in [0, 0.1) is 5.92 Å². The molecule has 4 unspecified atom stereocenters. The molecule has 0 saturated carbocycles. The van der Waals surface area contributed by atoms with Gasteiger partial charge in [0.25, 0.3) is 0 Å². The highest BCUT2D eigenvalue weighted by Gasteiger charge is 2.32. The number of nitrogens with one attached hydrogen (secondary N) is 4. The Labute approximate surface area is 206 Å². The number of aliphatic hydroxyl groups excluding tert-OH is 1. The lowest BCUT2D eigenvalue weighted by Crippen LogP contribution is -2.58. The molecule has 0 saturated heterocycles. The summed E-state index contributed by atoms with van der Waals surface area (Å²) in [5.74, 6) is -5.88. The highest BCUT2D eigenvalue weighted by atomic mass is 16.4. The van der Waals surface area contributed by atoms with Crippen LogP contribution in [0.15, 0.2) is 30.5 Å². The lowest BCUT2D eigenvalue weighted by Gasteiger charge is -2.25. The molecule has 0 bridgehead atoms. The number of carbonyl (C=O) groups excluding carboxylic acids is 3. The fraction of sp³-hybridized carbons (Fsp3) is 0.435. The predicted molar refractivity (Wildman–Crippen MR) is 128 cm³/mol. The van der Waals surface area contributed by atoms with E-state index in [4.69, 9.17) is 10.8 Å². The number of carbonyl (C=O) groups is 5. The van der Waals surface area contributed by atoms with Crippen molar-refractivity contribution in [3.8, 4) is 0 Å². The van der Waals surface area contributed by atoms with Crippen LogP contribution < -0.4 is 21.7 Å². The Kier molecular flexibility index (Phi) is 9.93. The number of hydrogen-bond donors (Lipinski definition) is 8. The molecular weight excluding hydrogens is 474 g/mol. The third-order valence-corrected chi connectivity index (χ3v) is 5.51. The molecule has 0 aliphatic rings. The van der Waals surface area contributed by atoms with Crippen LogP contribution in [-0.4, -0.2) is 80.7 Å². The van der Waals surface area contributed by atoms with Crippen LogP contribution in [0.5, 0.6) is 0 Å². The fourth-order valence-corrected chi connectivity index (χ4v) is 3.51. The van der Waals surface area contributed by atoms with Gasteiger partial charge in [0.15, 0.2) is 0 Å². The van der Waals surface area contributed by atoms with E-state index in [0.717, 1.165) is 10.9 Å². The number of carboxylic acid groups (broad SMARTS) is 2. The second kappa shape index (κ2) is 12.7. The summed E-state index contributed by atoms with van der Waals surface area (Å²) in [5.41, 5.74) is 6.85. The Morgan fingerprint density at radius 2 is 1.56 bits per heavy atom. The number of amides is 3. The minimum Gasteiger partial charge on any atom is -0.481 e. The molecule has 196 valence electrons. The number of fused-ring (bicyclic) bond motifs is 1. The summed E-state index contributed by atoms with van der Waals surface area (Å²) in [6.45, 7) is 2.48. The van der Waals surface area contributed by atoms with Crippen molar-refractivity contribution >= 4 is 40.6 Å². The van der Waals surface area contributed by atoms with Crippen LogP contribution in [0.4, 0.5) is 0 Å². The summed E-state index contributed by atoms with van der Waals surface area (Å²) in [6, 6.07) is 1.67. The van der Waals surface area contributed by atoms with E-state index in [-0.39, 0.29) is 6.42 Å². The van der Waals surface area contributed by atoms with E-state index in [2.05, 4.69) is 20.9 Å². The summed E-state index contributed by atoms with van der Waals surface area (Å²) >= 11 is 0. The number of aliphatic carboxylic acids is 2. The molecule has 1 aromatic carbocycles. The Balaban J connectivity index is 2.34. The maximum atomic E-state index is 13.1. The summed E-state index contributed by atoms with van der Waals surface area (Å²) in [4.78, 5) is 64.1. The molecule has 13 heteroatoms. The van der Waals surface area contributed by atoms with E-state index in [9.17, 15) is 34.2 Å². The Morgan fingerprint density at radius 3 is 2.14 bits per heavy atom. The van der Waals surface area contributed by atoms with E-state index in [1.165, 1.54) is 0 Å². The van der Waals surface area contributed by atoms with Gasteiger partial charge in [0.2, 0.25) is 17.7 Å². The van der Waals surface area contributed by atoms with Crippen molar-refractivity contribution < 1.29 is 39.3 Å². The van der Waals surface area contributed by atoms with Crippen molar-refractivity contribution in [1.29, 1.82) is 0 Å². The van der Waals surface area contributed by atoms with Gasteiger partial charge in [-0.3, -0.25) is 19.2 Å². The lowest BCUT2D eigenvalue weighted by molar-refractivity contribution is -0.144. The quantitative estimate of drug-likeness (QED) is 0.162. The minimum absolute atomic E-state index is 0.0596. The molecule has 2 aromatic rings. The van der Waals surface area contributed by atoms with Gasteiger partial charge in [0, 0.05) is 23.5 Å². The molecule has 13 nitrogen and oxygen atoms in total. The molecule has 0 aliphatic carbocycles. The normalized spacial score (nSPS) is 14.5. The number of hydrogen-bond acceptors (Lipinski definition) is 7. The summed E-state index contributed by atoms with van der Waals surface area (Å²) in [7, 11) is 0. The lowest BCUT2D eigenvalue weighted by atomic mass is 10.0. The van der Waals surface area contributed by atoms with Gasteiger partial charge in [0.05, 0.1) is 13.0 Å². The molecule has 1 heterocycles. The SMILES string of the molecule is CC(C)C(NC(=O)C(Cc1c[nH]c2ccccc12)NC(=O)C(CC(=O)O)NC(=O)C(N)CO)C(=O)O. The van der Waals surface area contributed by atoms with Gasteiger partial charge < -0.3 is 42.0 Å². The molecule has 1 aromatic heterocycles. The average Bonchev–Trinajstić information content (AvgIpc) is 3.22. The first kappa shape index (κ1) is 28.3. The fourth-order valence-electron chi connectivity index (χ4n) is 3.51. The molecule has 9 N–H and O–H groups in total. The molecule has 36 heavy (non-hydrogen) atoms. The van der Waals surface area contributed by atoms with E-state index < -0.39 is 72.8 Å². The smallest absolute Gasteiger partial charge is 0.326 e. The monoisotopic (exact) mass is 505 g/mol. The van der Waals surface area contributed by atoms with Gasteiger partial charge in [0.1, 0.15) is 24.2 Å². The molecule has 0 fully saturated rings. The van der Waals surface area contributed by atoms with Crippen LogP contribution in [0.3, 0.4) is 0 Å². The zero-order valence-electron chi connectivity index (χ0n) is 19.9. The van der Waals surface area contributed by atoms with Crippen molar-refractivity contribution in [2.24, 2.45) is 11.7 Å². The van der Waals surface area contributed by atoms with Crippen LogP contribution in [-0.2, 0) is 30.4 Å². The Bertz CT molecular complexity index is 1110. The molecule has 4 atom stereocenters. The number of carboxylic acids is 2. The molecular formula is C23H31N5O8. The number of rotatable bonds is 13. The first-order chi connectivity index (χ1) is 16.9. The second-order valence-corrected chi connectivity index (χ2v) is 8.64. The number of aromatic amines is 1. The van der Waals surface area contributed by atoms with Crippen LogP contribution in [0.2, 0.25) is 0 Å². The van der Waals surface area contributed by atoms with Gasteiger partial charge >= 0.3 is 11.9 Å². The first-order valence-electron chi connectivity index (χ1n) is 11.2. The summed E-state index contributed by atoms with van der Waals surface area (Å²) in [6.07, 6.45) is 0.766. The Morgan fingerprint density at radius 1 is 0.944 bits per heavy atom. The number of nitrogens with two attached hydrogens (primary N) is 1. The third-order valence-electron chi connectivity index (χ3n) is 5.51. The topological polar surface area (TPSA) is 224 Å². The van der Waals surface area contributed by atoms with Gasteiger partial charge in [-0.1, -0.05) is 32.0 Å². The second-order valence-electron chi connectivity index (χ2n) is 8.64. The van der Waals surface area contributed by atoms with E-state index >= 15 is 0 Å². The Hall–Kier alpha value is -3.97. The van der Waals surface area contributed by atoms with E-state index in [1.807, 2.05) is 12.1 Å². The summed E-state index contributed by atoms with van der Waals surface area (Å²) in [5, 5.41) is 35.5. The van der Waals surface area contributed by atoms with Crippen LogP contribution in [0.1, 0.15) is 25.8 Å². The standard InChI is InChI=1S/C23H31N5O8/c1-11(2)19(23(35)36)28-22(34)16(7-12-9-25-15-6-4-3-5-13(12)15)27-21(33)17(8-18(30)31)26-20(32)14(24)10-29/h3-6,9,11,14,16-17,19,25,29H,7-8,10,24H2,1-2H3,(H,26,32)(H,27,33)(H,28,34)(H,30,31)(H,35,36). The summed E-state index contributed by atoms with van der Waals surface area (Å²) < 4.78 is 0. The maximum Gasteiger partial charge on any atom is 0.326 e. The van der Waals surface area contributed by atoms with Gasteiger partial charge in [-0.25, -0.2) is 4.79 Å². The maximum absolute atomic E-state index is 13.1. The van der Waals surface area contributed by atoms with E-state index in [0.29, 0.717) is 5.56 Å². The largest absolute Gasteiger partial charge is 0.481 e. The number of benzene rings is 1. The molecule has 3 amide bonds. The molecule has 0 spiro atoms. The zero-order chi connectivity index (χ0) is 27.0. The third kappa shape index (κ3) is 7.52. The van der Waals surface area contributed by atoms with Gasteiger partial charge in [-0.15, -0.1) is 0 Å². The molecule has 2 rings (SSSR count). The minimum atomic E-state index is -1.61. The van der Waals surface area contributed by atoms with Crippen molar-refractivity contribution in [2.45, 2.75) is 50.9 Å². The molecule has 0 aliphatic heterocycles.